The molecule has 1 saturated heterocycles. The van der Waals surface area contributed by atoms with Crippen molar-refractivity contribution in [3.63, 3.8) is 0 Å². The van der Waals surface area contributed by atoms with Gasteiger partial charge in [-0.05, 0) is 28.7 Å². The van der Waals surface area contributed by atoms with Gasteiger partial charge in [0.15, 0.2) is 0 Å². The molecular formula is C12H9IN2O3. The minimum Gasteiger partial charge on any atom is -0.310 e. The Morgan fingerprint density at radius 2 is 2.28 bits per heavy atom. The molecule has 1 aliphatic rings. The molecule has 0 aliphatic carbocycles. The number of hydrogen-bond acceptors (Lipinski definition) is 3. The van der Waals surface area contributed by atoms with Crippen LogP contribution in [0.5, 0.6) is 0 Å². The van der Waals surface area contributed by atoms with Crippen molar-refractivity contribution in [2.75, 3.05) is 11.4 Å². The fourth-order valence-electron chi connectivity index (χ4n) is 1.88. The summed E-state index contributed by atoms with van der Waals surface area (Å²) in [4.78, 5) is 23.6. The zero-order chi connectivity index (χ0) is 13.3. The van der Waals surface area contributed by atoms with Crippen LogP contribution in [0.1, 0.15) is 6.42 Å². The molecule has 6 heteroatoms. The van der Waals surface area contributed by atoms with Gasteiger partial charge in [-0.2, -0.15) is 0 Å². The maximum absolute atomic E-state index is 11.8. The van der Waals surface area contributed by atoms with Gasteiger partial charge in [-0.1, -0.05) is 0 Å². The van der Waals surface area contributed by atoms with E-state index < -0.39 is 4.92 Å². The predicted molar refractivity (Wildman–Crippen MR) is 75.1 cm³/mol. The highest BCUT2D eigenvalue weighted by atomic mass is 127. The maximum Gasteiger partial charge on any atom is 0.270 e. The number of non-ortho nitro benzene ring substituents is 1. The molecule has 1 atom stereocenters. The maximum atomic E-state index is 11.8. The fourth-order valence-corrected chi connectivity index (χ4v) is 2.67. The number of amides is 1. The Labute approximate surface area is 117 Å². The zero-order valence-electron chi connectivity index (χ0n) is 9.30. The largest absolute Gasteiger partial charge is 0.310 e. The summed E-state index contributed by atoms with van der Waals surface area (Å²) in [5.41, 5.74) is 0.701. The summed E-state index contributed by atoms with van der Waals surface area (Å²) < 4.78 is 0.674. The lowest BCUT2D eigenvalue weighted by Crippen LogP contribution is -2.25. The quantitative estimate of drug-likeness (QED) is 0.353. The monoisotopic (exact) mass is 356 g/mol. The van der Waals surface area contributed by atoms with Crippen LogP contribution in [0.2, 0.25) is 0 Å². The lowest BCUT2D eigenvalue weighted by molar-refractivity contribution is -0.384. The van der Waals surface area contributed by atoms with Crippen LogP contribution >= 0.6 is 22.6 Å². The predicted octanol–water partition coefficient (Wildman–Crippen LogP) is 2.19. The molecule has 2 rings (SSSR count). The van der Waals surface area contributed by atoms with Gasteiger partial charge in [-0.25, -0.2) is 0 Å². The molecule has 0 spiro atoms. The van der Waals surface area contributed by atoms with Gasteiger partial charge >= 0.3 is 0 Å². The number of carbonyl (C=O) groups excluding carboxylic acids is 1. The second kappa shape index (κ2) is 4.94. The summed E-state index contributed by atoms with van der Waals surface area (Å²) in [5.74, 6) is 2.45. The summed E-state index contributed by atoms with van der Waals surface area (Å²) >= 11 is 1.99. The number of nitro groups is 1. The molecule has 1 amide bonds. The molecule has 0 N–H and O–H groups in total. The molecule has 1 fully saturated rings. The molecule has 1 aromatic rings. The lowest BCUT2D eigenvalue weighted by Gasteiger charge is -2.17. The third-order valence-corrected chi connectivity index (χ3v) is 3.66. The third-order valence-electron chi connectivity index (χ3n) is 2.79. The van der Waals surface area contributed by atoms with E-state index in [-0.39, 0.29) is 17.5 Å². The van der Waals surface area contributed by atoms with Crippen molar-refractivity contribution in [1.29, 1.82) is 0 Å². The van der Waals surface area contributed by atoms with Gasteiger partial charge in [0.05, 0.1) is 10.6 Å². The van der Waals surface area contributed by atoms with Crippen LogP contribution in [-0.2, 0) is 4.79 Å². The fraction of sp³-hybridized carbons (Fsp3) is 0.250. The van der Waals surface area contributed by atoms with Crippen LogP contribution in [-0.4, -0.2) is 17.4 Å². The van der Waals surface area contributed by atoms with Gasteiger partial charge in [0.1, 0.15) is 0 Å². The van der Waals surface area contributed by atoms with E-state index in [1.807, 2.05) is 22.6 Å². The molecule has 18 heavy (non-hydrogen) atoms. The molecule has 1 unspecified atom stereocenters. The summed E-state index contributed by atoms with van der Waals surface area (Å²) in [5, 5.41) is 10.6. The normalized spacial score (nSPS) is 18.8. The summed E-state index contributed by atoms with van der Waals surface area (Å²) in [6.45, 7) is 0.475. The SMILES string of the molecule is C#CC1CC(=O)N(c2ccc([N+](=O)[O-])cc2I)C1. The first-order valence-electron chi connectivity index (χ1n) is 5.23. The number of rotatable bonds is 2. The van der Waals surface area contributed by atoms with Gasteiger partial charge in [0.25, 0.3) is 5.69 Å². The van der Waals surface area contributed by atoms with Gasteiger partial charge in [-0.3, -0.25) is 14.9 Å². The Morgan fingerprint density at radius 1 is 1.56 bits per heavy atom. The minimum absolute atomic E-state index is 0.0169. The van der Waals surface area contributed by atoms with Crippen LogP contribution in [0.25, 0.3) is 0 Å². The van der Waals surface area contributed by atoms with E-state index in [2.05, 4.69) is 5.92 Å². The van der Waals surface area contributed by atoms with Crippen molar-refractivity contribution in [1.82, 2.24) is 0 Å². The highest BCUT2D eigenvalue weighted by molar-refractivity contribution is 14.1. The standard InChI is InChI=1S/C12H9IN2O3/c1-2-8-5-12(16)14(7-8)11-4-3-9(15(17)18)6-10(11)13/h1,3-4,6,8H,5,7H2. The molecule has 5 nitrogen and oxygen atoms in total. The molecular weight excluding hydrogens is 347 g/mol. The van der Waals surface area contributed by atoms with Crippen LogP contribution in [0.4, 0.5) is 11.4 Å². The second-order valence-corrected chi connectivity index (χ2v) is 5.13. The molecule has 0 bridgehead atoms. The lowest BCUT2D eigenvalue weighted by atomic mass is 10.1. The highest BCUT2D eigenvalue weighted by Crippen LogP contribution is 2.31. The molecule has 0 saturated carbocycles. The molecule has 1 aromatic carbocycles. The first kappa shape index (κ1) is 12.8. The number of nitrogens with zero attached hydrogens (tertiary/aromatic N) is 2. The van der Waals surface area contributed by atoms with E-state index in [4.69, 9.17) is 6.42 Å². The Balaban J connectivity index is 2.33. The number of nitro benzene ring substituents is 1. The average Bonchev–Trinajstić information content (AvgIpc) is 2.70. The number of hydrogen-bond donors (Lipinski definition) is 0. The van der Waals surface area contributed by atoms with E-state index in [0.717, 1.165) is 0 Å². The Kier molecular flexibility index (Phi) is 3.52. The van der Waals surface area contributed by atoms with Crippen LogP contribution in [0, 0.1) is 31.9 Å². The van der Waals surface area contributed by atoms with Crippen molar-refractivity contribution in [2.24, 2.45) is 5.92 Å². The third kappa shape index (κ3) is 2.31. The topological polar surface area (TPSA) is 63.5 Å². The second-order valence-electron chi connectivity index (χ2n) is 3.96. The van der Waals surface area contributed by atoms with E-state index in [1.165, 1.54) is 12.1 Å². The Hall–Kier alpha value is -1.62. The van der Waals surface area contributed by atoms with Crippen molar-refractivity contribution in [3.05, 3.63) is 31.9 Å². The number of anilines is 1. The van der Waals surface area contributed by atoms with Crippen LogP contribution < -0.4 is 4.90 Å². The Bertz CT molecular complexity index is 565. The number of halogens is 1. The first-order valence-corrected chi connectivity index (χ1v) is 6.31. The number of terminal acetylenes is 1. The number of carbonyl (C=O) groups is 1. The van der Waals surface area contributed by atoms with Crippen molar-refractivity contribution in [3.8, 4) is 12.3 Å². The summed E-state index contributed by atoms with van der Waals surface area (Å²) in [7, 11) is 0. The summed E-state index contributed by atoms with van der Waals surface area (Å²) in [6.07, 6.45) is 5.66. The number of benzene rings is 1. The highest BCUT2D eigenvalue weighted by Gasteiger charge is 2.30. The van der Waals surface area contributed by atoms with E-state index in [1.54, 1.807) is 11.0 Å². The van der Waals surface area contributed by atoms with Crippen molar-refractivity contribution >= 4 is 39.9 Å². The van der Waals surface area contributed by atoms with Crippen molar-refractivity contribution in [2.45, 2.75) is 6.42 Å². The van der Waals surface area contributed by atoms with Gasteiger partial charge in [0, 0.05) is 34.6 Å². The molecule has 1 aliphatic heterocycles. The molecule has 1 heterocycles. The molecule has 0 aromatic heterocycles. The summed E-state index contributed by atoms with van der Waals surface area (Å²) in [6, 6.07) is 4.44. The van der Waals surface area contributed by atoms with Crippen LogP contribution in [0.15, 0.2) is 18.2 Å². The van der Waals surface area contributed by atoms with Gasteiger partial charge in [-0.15, -0.1) is 12.3 Å². The molecule has 92 valence electrons. The van der Waals surface area contributed by atoms with E-state index in [0.29, 0.717) is 22.2 Å². The zero-order valence-corrected chi connectivity index (χ0v) is 11.5. The van der Waals surface area contributed by atoms with Crippen LogP contribution in [0.3, 0.4) is 0 Å². The van der Waals surface area contributed by atoms with Crippen molar-refractivity contribution < 1.29 is 9.72 Å². The molecule has 0 radical (unpaired) electrons. The minimum atomic E-state index is -0.456. The van der Waals surface area contributed by atoms with Gasteiger partial charge < -0.3 is 4.90 Å². The average molecular weight is 356 g/mol. The Morgan fingerprint density at radius 3 is 2.78 bits per heavy atom. The van der Waals surface area contributed by atoms with Gasteiger partial charge in [0.2, 0.25) is 5.91 Å². The smallest absolute Gasteiger partial charge is 0.270 e. The first-order chi connectivity index (χ1) is 8.52. The van der Waals surface area contributed by atoms with E-state index >= 15 is 0 Å². The van der Waals surface area contributed by atoms with E-state index in [9.17, 15) is 14.9 Å².